The number of unbranched alkanes of at least 4 members (excludes halogenated alkanes) is 3. The van der Waals surface area contributed by atoms with Gasteiger partial charge in [0.1, 0.15) is 5.78 Å². The SMILES string of the molecule is CCC(O)(CBr)CC(C)=O.CCC[CH2][Sn]([CH2]CCC)[CH2]CCC. The van der Waals surface area contributed by atoms with Crippen LogP contribution in [0.15, 0.2) is 0 Å². The molecule has 0 aromatic heterocycles. The average Bonchev–Trinajstić information content (AvgIpc) is 2.54. The van der Waals surface area contributed by atoms with Crippen LogP contribution in [-0.4, -0.2) is 41.6 Å². The van der Waals surface area contributed by atoms with Crippen molar-refractivity contribution < 1.29 is 9.90 Å². The van der Waals surface area contributed by atoms with E-state index < -0.39 is 25.4 Å². The summed E-state index contributed by atoms with van der Waals surface area (Å²) in [6.07, 6.45) is 9.70. The van der Waals surface area contributed by atoms with Crippen LogP contribution in [0.2, 0.25) is 13.3 Å². The van der Waals surface area contributed by atoms with E-state index in [1.165, 1.54) is 45.4 Å². The normalized spacial score (nSPS) is 13.4. The summed E-state index contributed by atoms with van der Waals surface area (Å²) >= 11 is 2.32. The van der Waals surface area contributed by atoms with Crippen LogP contribution in [0.25, 0.3) is 0 Å². The summed E-state index contributed by atoms with van der Waals surface area (Å²) in [5.41, 5.74) is -0.828. The molecule has 0 saturated carbocycles. The summed E-state index contributed by atoms with van der Waals surface area (Å²) in [6, 6.07) is 0. The van der Waals surface area contributed by atoms with Gasteiger partial charge in [-0.25, -0.2) is 0 Å². The van der Waals surface area contributed by atoms with Crippen molar-refractivity contribution in [1.82, 2.24) is 0 Å². The molecule has 0 aliphatic rings. The molecule has 4 heteroatoms. The quantitative estimate of drug-likeness (QED) is 0.236. The predicted molar refractivity (Wildman–Crippen MR) is 109 cm³/mol. The molecule has 1 N–H and O–H groups in total. The minimum absolute atomic E-state index is 0.0313. The van der Waals surface area contributed by atoms with Gasteiger partial charge in [0.25, 0.3) is 0 Å². The molecule has 0 aromatic carbocycles. The Labute approximate surface area is 161 Å². The summed E-state index contributed by atoms with van der Waals surface area (Å²) in [4.78, 5) is 10.6. The van der Waals surface area contributed by atoms with Crippen LogP contribution >= 0.6 is 15.9 Å². The van der Waals surface area contributed by atoms with Gasteiger partial charge in [0.15, 0.2) is 0 Å². The van der Waals surface area contributed by atoms with Gasteiger partial charge in [-0.05, 0) is 13.3 Å². The number of Topliss-reactive ketones (excluding diaryl/α,β-unsaturated/α-hetero) is 1. The van der Waals surface area contributed by atoms with Crippen molar-refractivity contribution >= 4 is 41.5 Å². The molecule has 1 radical (unpaired) electrons. The van der Waals surface area contributed by atoms with Crippen molar-refractivity contribution in [2.45, 2.75) is 105 Å². The van der Waals surface area contributed by atoms with E-state index in [0.717, 1.165) is 0 Å². The molecular weight excluding hydrogens is 459 g/mol. The number of carbonyl (C=O) groups is 1. The van der Waals surface area contributed by atoms with E-state index in [1.807, 2.05) is 6.92 Å². The maximum absolute atomic E-state index is 10.6. The summed E-state index contributed by atoms with van der Waals surface area (Å²) < 4.78 is 5.04. The first-order valence-corrected chi connectivity index (χ1v) is 16.7. The first-order chi connectivity index (χ1) is 10.9. The second-order valence-electron chi connectivity index (χ2n) is 6.65. The van der Waals surface area contributed by atoms with Crippen molar-refractivity contribution in [1.29, 1.82) is 0 Å². The fraction of sp³-hybridized carbons (Fsp3) is 0.947. The molecule has 0 amide bonds. The fourth-order valence-electron chi connectivity index (χ4n) is 2.39. The van der Waals surface area contributed by atoms with E-state index in [4.69, 9.17) is 0 Å². The number of hydrogen-bond donors (Lipinski definition) is 1. The van der Waals surface area contributed by atoms with Gasteiger partial charge in [-0.2, -0.15) is 0 Å². The Morgan fingerprint density at radius 3 is 1.52 bits per heavy atom. The molecule has 23 heavy (non-hydrogen) atoms. The van der Waals surface area contributed by atoms with Crippen LogP contribution in [0.5, 0.6) is 0 Å². The number of carbonyl (C=O) groups excluding carboxylic acids is 1. The van der Waals surface area contributed by atoms with E-state index in [1.54, 1.807) is 13.3 Å². The summed E-state index contributed by atoms with van der Waals surface area (Å²) in [7, 11) is 0. The third-order valence-electron chi connectivity index (χ3n) is 4.14. The second kappa shape index (κ2) is 17.7. The van der Waals surface area contributed by atoms with E-state index in [9.17, 15) is 9.90 Å². The molecule has 2 nitrogen and oxygen atoms in total. The molecule has 0 aliphatic carbocycles. The van der Waals surface area contributed by atoms with Gasteiger partial charge >= 0.3 is 92.4 Å². The zero-order chi connectivity index (χ0) is 18.1. The van der Waals surface area contributed by atoms with Crippen LogP contribution in [0.3, 0.4) is 0 Å². The molecule has 0 aromatic rings. The molecule has 0 bridgehead atoms. The predicted octanol–water partition coefficient (Wildman–Crippen LogP) is 6.38. The Morgan fingerprint density at radius 2 is 1.35 bits per heavy atom. The van der Waals surface area contributed by atoms with Crippen molar-refractivity contribution in [2.75, 3.05) is 5.33 Å². The molecule has 0 spiro atoms. The Balaban J connectivity index is 0. The molecule has 1 unspecified atom stereocenters. The average molecular weight is 499 g/mol. The third-order valence-corrected chi connectivity index (χ3v) is 14.3. The van der Waals surface area contributed by atoms with Gasteiger partial charge in [-0.1, -0.05) is 22.9 Å². The molecule has 0 saturated heterocycles. The molecule has 139 valence electrons. The second-order valence-corrected chi connectivity index (χ2v) is 15.8. The van der Waals surface area contributed by atoms with Crippen molar-refractivity contribution in [2.24, 2.45) is 0 Å². The molecule has 0 rings (SSSR count). The van der Waals surface area contributed by atoms with E-state index in [-0.39, 0.29) is 12.2 Å². The van der Waals surface area contributed by atoms with Crippen LogP contribution in [-0.2, 0) is 4.79 Å². The Hall–Kier alpha value is 0.909. The van der Waals surface area contributed by atoms with Crippen molar-refractivity contribution in [3.8, 4) is 0 Å². The molecule has 0 heterocycles. The Kier molecular flexibility index (Phi) is 20.1. The van der Waals surface area contributed by atoms with Crippen molar-refractivity contribution in [3.63, 3.8) is 0 Å². The zero-order valence-electron chi connectivity index (χ0n) is 16.2. The number of ketones is 1. The molecule has 0 fully saturated rings. The van der Waals surface area contributed by atoms with E-state index in [0.29, 0.717) is 11.8 Å². The number of aliphatic hydroxyl groups is 1. The Morgan fingerprint density at radius 1 is 0.957 bits per heavy atom. The summed E-state index contributed by atoms with van der Waals surface area (Å²) in [5.74, 6) is 0.0313. The summed E-state index contributed by atoms with van der Waals surface area (Å²) in [6.45, 7) is 10.4. The molecule has 1 atom stereocenters. The van der Waals surface area contributed by atoms with Gasteiger partial charge in [0.2, 0.25) is 0 Å². The minimum atomic E-state index is -0.839. The van der Waals surface area contributed by atoms with Gasteiger partial charge < -0.3 is 5.11 Å². The number of halogens is 1. The first kappa shape index (κ1) is 26.1. The van der Waals surface area contributed by atoms with E-state index in [2.05, 4.69) is 36.7 Å². The monoisotopic (exact) mass is 499 g/mol. The number of alkyl halides is 1. The van der Waals surface area contributed by atoms with Crippen LogP contribution in [0.1, 0.15) is 86.0 Å². The molecular formula is C19H40BrO2Sn. The number of hydrogen-bond acceptors (Lipinski definition) is 2. The fourth-order valence-corrected chi connectivity index (χ4v) is 12.4. The molecule has 0 aliphatic heterocycles. The van der Waals surface area contributed by atoms with E-state index >= 15 is 0 Å². The van der Waals surface area contributed by atoms with Gasteiger partial charge in [0.05, 0.1) is 5.60 Å². The zero-order valence-corrected chi connectivity index (χ0v) is 20.7. The standard InChI is InChI=1S/C7H13BrO2.3C4H9.Sn/c1-3-7(10,5-8)4-6(2)9;3*1-3-4-2;/h10H,3-5H2,1-2H3;3*1,3-4H2,2H3;. The summed E-state index contributed by atoms with van der Waals surface area (Å²) in [5, 5.41) is 10.00. The first-order valence-electron chi connectivity index (χ1n) is 9.50. The third kappa shape index (κ3) is 17.5. The van der Waals surface area contributed by atoms with Crippen molar-refractivity contribution in [3.05, 3.63) is 0 Å². The Bertz CT molecular complexity index is 249. The maximum atomic E-state index is 10.6. The van der Waals surface area contributed by atoms with Gasteiger partial charge in [-0.3, -0.25) is 4.79 Å². The van der Waals surface area contributed by atoms with Crippen LogP contribution < -0.4 is 0 Å². The topological polar surface area (TPSA) is 37.3 Å². The van der Waals surface area contributed by atoms with Gasteiger partial charge in [-0.15, -0.1) is 0 Å². The van der Waals surface area contributed by atoms with Gasteiger partial charge in [0, 0.05) is 11.8 Å². The van der Waals surface area contributed by atoms with Crippen LogP contribution in [0, 0.1) is 0 Å². The number of rotatable bonds is 13. The van der Waals surface area contributed by atoms with Crippen LogP contribution in [0.4, 0.5) is 0 Å².